The molecule has 11 heavy (non-hydrogen) atoms. The van der Waals surface area contributed by atoms with Crippen LogP contribution in [-0.4, -0.2) is 23.8 Å². The van der Waals surface area contributed by atoms with E-state index in [4.69, 9.17) is 5.11 Å². The summed E-state index contributed by atoms with van der Waals surface area (Å²) in [4.78, 5) is 14.6. The van der Waals surface area contributed by atoms with Crippen LogP contribution in [0.5, 0.6) is 0 Å². The molecule has 0 saturated heterocycles. The molecule has 1 heterocycles. The normalized spacial score (nSPS) is 37.1. The Kier molecular flexibility index (Phi) is 2.27. The number of carboxylic acids is 1. The van der Waals surface area contributed by atoms with E-state index in [9.17, 15) is 4.79 Å². The van der Waals surface area contributed by atoms with Gasteiger partial charge in [-0.25, -0.2) is 0 Å². The number of nitrogens with zero attached hydrogens (tertiary/aromatic N) is 1. The Bertz CT molecular complexity index is 189. The second kappa shape index (κ2) is 3.03. The molecule has 0 bridgehead atoms. The lowest BCUT2D eigenvalue weighted by Crippen LogP contribution is -2.32. The molecule has 0 aliphatic carbocycles. The summed E-state index contributed by atoms with van der Waals surface area (Å²) in [5.74, 6) is -0.530. The van der Waals surface area contributed by atoms with Crippen LogP contribution in [0.4, 0.5) is 0 Å². The molecule has 0 saturated carbocycles. The van der Waals surface area contributed by atoms with Crippen molar-refractivity contribution in [2.75, 3.05) is 6.54 Å². The van der Waals surface area contributed by atoms with Crippen molar-refractivity contribution in [3.8, 4) is 0 Å². The van der Waals surface area contributed by atoms with Crippen LogP contribution in [0, 0.1) is 17.8 Å². The monoisotopic (exact) mass is 155 g/mol. The second-order valence-corrected chi connectivity index (χ2v) is 3.21. The van der Waals surface area contributed by atoms with E-state index in [1.807, 2.05) is 13.8 Å². The number of carboxylic acid groups (broad SMARTS) is 1. The maximum atomic E-state index is 10.6. The number of aliphatic imine (C=N–C) groups is 1. The lowest BCUT2D eigenvalue weighted by atomic mass is 9.83. The van der Waals surface area contributed by atoms with Gasteiger partial charge in [0.25, 0.3) is 0 Å². The van der Waals surface area contributed by atoms with E-state index in [1.54, 1.807) is 6.21 Å². The van der Waals surface area contributed by atoms with Crippen molar-refractivity contribution in [3.63, 3.8) is 0 Å². The first-order valence-electron chi connectivity index (χ1n) is 3.85. The minimum Gasteiger partial charge on any atom is -0.481 e. The fourth-order valence-electron chi connectivity index (χ4n) is 1.29. The molecule has 0 fully saturated rings. The summed E-state index contributed by atoms with van der Waals surface area (Å²) >= 11 is 0. The minimum absolute atomic E-state index is 0.213. The molecule has 0 amide bonds. The van der Waals surface area contributed by atoms with Gasteiger partial charge in [0.05, 0.1) is 5.92 Å². The van der Waals surface area contributed by atoms with Crippen molar-refractivity contribution in [3.05, 3.63) is 0 Å². The van der Waals surface area contributed by atoms with E-state index in [1.165, 1.54) is 0 Å². The van der Waals surface area contributed by atoms with Gasteiger partial charge >= 0.3 is 5.97 Å². The van der Waals surface area contributed by atoms with Crippen LogP contribution in [0.15, 0.2) is 4.99 Å². The predicted octanol–water partition coefficient (Wildman–Crippen LogP) is 1.04. The van der Waals surface area contributed by atoms with Crippen molar-refractivity contribution in [2.45, 2.75) is 13.8 Å². The fraction of sp³-hybridized carbons (Fsp3) is 0.750. The van der Waals surface area contributed by atoms with Gasteiger partial charge in [0.1, 0.15) is 0 Å². The Morgan fingerprint density at radius 3 is 2.73 bits per heavy atom. The van der Waals surface area contributed by atoms with E-state index in [-0.39, 0.29) is 11.8 Å². The van der Waals surface area contributed by atoms with Crippen molar-refractivity contribution in [1.82, 2.24) is 0 Å². The SMILES string of the molecule is CC1CN=CC(C(=O)O)C1C. The van der Waals surface area contributed by atoms with Crippen LogP contribution >= 0.6 is 0 Å². The summed E-state index contributed by atoms with van der Waals surface area (Å²) in [5.41, 5.74) is 0. The van der Waals surface area contributed by atoms with Crippen molar-refractivity contribution < 1.29 is 9.90 Å². The van der Waals surface area contributed by atoms with E-state index in [2.05, 4.69) is 4.99 Å². The van der Waals surface area contributed by atoms with Gasteiger partial charge in [-0.2, -0.15) is 0 Å². The summed E-state index contributed by atoms with van der Waals surface area (Å²) in [6.07, 6.45) is 1.56. The Morgan fingerprint density at radius 1 is 1.64 bits per heavy atom. The maximum Gasteiger partial charge on any atom is 0.312 e. The first-order chi connectivity index (χ1) is 5.13. The lowest BCUT2D eigenvalue weighted by molar-refractivity contribution is -0.141. The molecule has 3 atom stereocenters. The van der Waals surface area contributed by atoms with Crippen LogP contribution in [0.25, 0.3) is 0 Å². The molecule has 0 radical (unpaired) electrons. The largest absolute Gasteiger partial charge is 0.481 e. The fourth-order valence-corrected chi connectivity index (χ4v) is 1.29. The van der Waals surface area contributed by atoms with E-state index in [0.717, 1.165) is 6.54 Å². The first kappa shape index (κ1) is 8.24. The average molecular weight is 155 g/mol. The summed E-state index contributed by atoms with van der Waals surface area (Å²) in [7, 11) is 0. The third-order valence-electron chi connectivity index (χ3n) is 2.41. The molecule has 1 aliphatic heterocycles. The topological polar surface area (TPSA) is 49.7 Å². The van der Waals surface area contributed by atoms with Crippen LogP contribution in [0.3, 0.4) is 0 Å². The summed E-state index contributed by atoms with van der Waals surface area (Å²) in [6, 6.07) is 0. The third kappa shape index (κ3) is 1.59. The summed E-state index contributed by atoms with van der Waals surface area (Å²) in [6.45, 7) is 4.77. The maximum absolute atomic E-state index is 10.6. The van der Waals surface area contributed by atoms with Gasteiger partial charge in [0.2, 0.25) is 0 Å². The highest BCUT2D eigenvalue weighted by molar-refractivity contribution is 5.89. The molecule has 3 nitrogen and oxygen atoms in total. The Morgan fingerprint density at radius 2 is 2.27 bits per heavy atom. The Labute approximate surface area is 66.1 Å². The zero-order chi connectivity index (χ0) is 8.43. The minimum atomic E-state index is -0.757. The number of hydrogen-bond donors (Lipinski definition) is 1. The molecular weight excluding hydrogens is 142 g/mol. The van der Waals surface area contributed by atoms with Gasteiger partial charge in [-0.05, 0) is 11.8 Å². The van der Waals surface area contributed by atoms with E-state index >= 15 is 0 Å². The summed E-state index contributed by atoms with van der Waals surface area (Å²) in [5, 5.41) is 8.74. The molecule has 0 spiro atoms. The van der Waals surface area contributed by atoms with E-state index in [0.29, 0.717) is 5.92 Å². The van der Waals surface area contributed by atoms with Crippen molar-refractivity contribution >= 4 is 12.2 Å². The van der Waals surface area contributed by atoms with Crippen molar-refractivity contribution in [2.24, 2.45) is 22.7 Å². The molecule has 62 valence electrons. The Hall–Kier alpha value is -0.860. The van der Waals surface area contributed by atoms with Crippen molar-refractivity contribution in [1.29, 1.82) is 0 Å². The third-order valence-corrected chi connectivity index (χ3v) is 2.41. The number of aliphatic carboxylic acids is 1. The van der Waals surface area contributed by atoms with Gasteiger partial charge in [0, 0.05) is 12.8 Å². The number of hydrogen-bond acceptors (Lipinski definition) is 2. The van der Waals surface area contributed by atoms with Gasteiger partial charge in [-0.3, -0.25) is 9.79 Å². The van der Waals surface area contributed by atoms with Gasteiger partial charge in [-0.1, -0.05) is 13.8 Å². The predicted molar refractivity (Wildman–Crippen MR) is 42.8 cm³/mol. The smallest absolute Gasteiger partial charge is 0.312 e. The molecular formula is C8H13NO2. The number of rotatable bonds is 1. The average Bonchev–Trinajstić information content (AvgIpc) is 1.94. The molecule has 1 N–H and O–H groups in total. The first-order valence-corrected chi connectivity index (χ1v) is 3.85. The lowest BCUT2D eigenvalue weighted by Gasteiger charge is -2.25. The Balaban J connectivity index is 2.72. The molecule has 3 heteroatoms. The molecule has 1 rings (SSSR count). The van der Waals surface area contributed by atoms with Crippen LogP contribution in [0.2, 0.25) is 0 Å². The van der Waals surface area contributed by atoms with Gasteiger partial charge in [0.15, 0.2) is 0 Å². The molecule has 0 aromatic carbocycles. The van der Waals surface area contributed by atoms with Crippen LogP contribution in [-0.2, 0) is 4.79 Å². The highest BCUT2D eigenvalue weighted by Gasteiger charge is 2.29. The van der Waals surface area contributed by atoms with Crippen LogP contribution < -0.4 is 0 Å². The zero-order valence-electron chi connectivity index (χ0n) is 6.82. The zero-order valence-corrected chi connectivity index (χ0v) is 6.82. The van der Waals surface area contributed by atoms with Crippen LogP contribution in [0.1, 0.15) is 13.8 Å². The molecule has 0 aromatic rings. The molecule has 1 aliphatic rings. The highest BCUT2D eigenvalue weighted by Crippen LogP contribution is 2.23. The second-order valence-electron chi connectivity index (χ2n) is 3.21. The standard InChI is InChI=1S/C8H13NO2/c1-5-3-9-4-7(6(5)2)8(10)11/h4-7H,3H2,1-2H3,(H,10,11). The molecule has 0 aromatic heterocycles. The number of carbonyl (C=O) groups is 1. The molecule has 3 unspecified atom stereocenters. The van der Waals surface area contributed by atoms with Gasteiger partial charge in [-0.15, -0.1) is 0 Å². The van der Waals surface area contributed by atoms with E-state index < -0.39 is 5.97 Å². The van der Waals surface area contributed by atoms with Gasteiger partial charge < -0.3 is 5.11 Å². The summed E-state index contributed by atoms with van der Waals surface area (Å²) < 4.78 is 0. The quantitative estimate of drug-likeness (QED) is 0.615. The highest BCUT2D eigenvalue weighted by atomic mass is 16.4.